The first kappa shape index (κ1) is 13.9. The van der Waals surface area contributed by atoms with Crippen molar-refractivity contribution >= 4 is 5.97 Å². The number of carboxylic acid groups (broad SMARTS) is 1. The van der Waals surface area contributed by atoms with Gasteiger partial charge in [-0.2, -0.15) is 0 Å². The van der Waals surface area contributed by atoms with E-state index in [0.29, 0.717) is 11.1 Å². The second-order valence-corrected chi connectivity index (χ2v) is 4.35. The van der Waals surface area contributed by atoms with E-state index in [4.69, 9.17) is 0 Å². The summed E-state index contributed by atoms with van der Waals surface area (Å²) < 4.78 is 0. The lowest BCUT2D eigenvalue weighted by molar-refractivity contribution is -0.139. The van der Waals surface area contributed by atoms with Gasteiger partial charge in [0.15, 0.2) is 11.5 Å². The molecule has 0 aliphatic heterocycles. The van der Waals surface area contributed by atoms with Gasteiger partial charge >= 0.3 is 5.97 Å². The first-order valence-corrected chi connectivity index (χ1v) is 6.10. The van der Waals surface area contributed by atoms with Crippen LogP contribution < -0.4 is 5.32 Å². The van der Waals surface area contributed by atoms with E-state index in [0.717, 1.165) is 0 Å². The van der Waals surface area contributed by atoms with Crippen molar-refractivity contribution in [3.63, 3.8) is 0 Å². The molecule has 0 amide bonds. The van der Waals surface area contributed by atoms with Crippen LogP contribution in [0.5, 0.6) is 11.5 Å². The van der Waals surface area contributed by atoms with Gasteiger partial charge in [0, 0.05) is 12.1 Å². The fourth-order valence-corrected chi connectivity index (χ4v) is 1.93. The highest BCUT2D eigenvalue weighted by Crippen LogP contribution is 2.28. The van der Waals surface area contributed by atoms with Gasteiger partial charge in [-0.1, -0.05) is 42.5 Å². The summed E-state index contributed by atoms with van der Waals surface area (Å²) in [6, 6.07) is 12.5. The van der Waals surface area contributed by atoms with Crippen molar-refractivity contribution in [2.75, 3.05) is 0 Å². The van der Waals surface area contributed by atoms with E-state index in [2.05, 4.69) is 5.32 Å². The summed E-state index contributed by atoms with van der Waals surface area (Å²) in [5.74, 6) is -1.47. The van der Waals surface area contributed by atoms with Crippen molar-refractivity contribution in [3.05, 3.63) is 59.7 Å². The third-order valence-electron chi connectivity index (χ3n) is 2.97. The minimum atomic E-state index is -1.00. The van der Waals surface area contributed by atoms with Crippen molar-refractivity contribution in [2.45, 2.75) is 12.6 Å². The summed E-state index contributed by atoms with van der Waals surface area (Å²) in [5, 5.41) is 31.2. The van der Waals surface area contributed by atoms with Crippen LogP contribution in [-0.4, -0.2) is 21.3 Å². The third-order valence-corrected chi connectivity index (χ3v) is 2.97. The molecule has 2 aromatic carbocycles. The molecule has 0 saturated carbocycles. The molecule has 104 valence electrons. The van der Waals surface area contributed by atoms with E-state index in [-0.39, 0.29) is 18.0 Å². The number of carboxylic acids is 1. The van der Waals surface area contributed by atoms with Crippen LogP contribution in [0.25, 0.3) is 0 Å². The van der Waals surface area contributed by atoms with E-state index in [1.165, 1.54) is 6.07 Å². The number of phenolic OH excluding ortho intramolecular Hbond substituents is 2. The number of carbonyl (C=O) groups is 1. The molecule has 0 saturated heterocycles. The number of nitrogens with one attached hydrogen (secondary N) is 1. The standard InChI is InChI=1S/C15H15NO4/c17-12-8-4-7-11(14(12)18)9-16-13(15(19)20)10-5-2-1-3-6-10/h1-8,13,16-18H,9H2,(H,19,20)/t13-/m0/s1. The van der Waals surface area contributed by atoms with Gasteiger partial charge in [0.05, 0.1) is 0 Å². The zero-order chi connectivity index (χ0) is 14.5. The fourth-order valence-electron chi connectivity index (χ4n) is 1.93. The molecule has 0 fully saturated rings. The number of benzene rings is 2. The van der Waals surface area contributed by atoms with Gasteiger partial charge in [-0.15, -0.1) is 0 Å². The number of aromatic hydroxyl groups is 2. The second-order valence-electron chi connectivity index (χ2n) is 4.35. The van der Waals surface area contributed by atoms with E-state index < -0.39 is 12.0 Å². The lowest BCUT2D eigenvalue weighted by atomic mass is 10.1. The van der Waals surface area contributed by atoms with Gasteiger partial charge in [0.25, 0.3) is 0 Å². The predicted octanol–water partition coefficient (Wildman–Crippen LogP) is 2.01. The van der Waals surface area contributed by atoms with Crippen LogP contribution in [0.3, 0.4) is 0 Å². The molecule has 0 unspecified atom stereocenters. The van der Waals surface area contributed by atoms with Crippen LogP contribution in [0.4, 0.5) is 0 Å². The quantitative estimate of drug-likeness (QED) is 0.626. The van der Waals surface area contributed by atoms with E-state index >= 15 is 0 Å². The molecule has 0 aliphatic carbocycles. The van der Waals surface area contributed by atoms with Crippen molar-refractivity contribution in [1.82, 2.24) is 5.32 Å². The average Bonchev–Trinajstić information content (AvgIpc) is 2.44. The van der Waals surface area contributed by atoms with Crippen molar-refractivity contribution in [2.24, 2.45) is 0 Å². The second kappa shape index (κ2) is 6.08. The number of hydrogen-bond donors (Lipinski definition) is 4. The van der Waals surface area contributed by atoms with Crippen molar-refractivity contribution < 1.29 is 20.1 Å². The molecule has 20 heavy (non-hydrogen) atoms. The summed E-state index contributed by atoms with van der Waals surface area (Å²) in [4.78, 5) is 11.3. The maximum atomic E-state index is 11.3. The molecular formula is C15H15NO4. The van der Waals surface area contributed by atoms with Gasteiger partial charge in [0.1, 0.15) is 6.04 Å². The molecule has 5 heteroatoms. The lowest BCUT2D eigenvalue weighted by Gasteiger charge is -2.15. The van der Waals surface area contributed by atoms with E-state index in [1.54, 1.807) is 36.4 Å². The Morgan fingerprint density at radius 3 is 2.40 bits per heavy atom. The lowest BCUT2D eigenvalue weighted by Crippen LogP contribution is -2.28. The molecule has 2 rings (SSSR count). The van der Waals surface area contributed by atoms with E-state index in [9.17, 15) is 20.1 Å². The third kappa shape index (κ3) is 3.07. The SMILES string of the molecule is O=C(O)[C@@H](NCc1cccc(O)c1O)c1ccccc1. The first-order chi connectivity index (χ1) is 9.59. The molecular weight excluding hydrogens is 258 g/mol. The zero-order valence-electron chi connectivity index (χ0n) is 10.7. The Morgan fingerprint density at radius 1 is 1.05 bits per heavy atom. The van der Waals surface area contributed by atoms with Gasteiger partial charge in [-0.3, -0.25) is 10.1 Å². The van der Waals surface area contributed by atoms with Crippen LogP contribution in [0.2, 0.25) is 0 Å². The summed E-state index contributed by atoms with van der Waals surface area (Å²) in [6.45, 7) is 0.131. The Bertz CT molecular complexity index is 598. The Kier molecular flexibility index (Phi) is 4.22. The Morgan fingerprint density at radius 2 is 1.75 bits per heavy atom. The zero-order valence-corrected chi connectivity index (χ0v) is 10.7. The van der Waals surface area contributed by atoms with Crippen molar-refractivity contribution in [1.29, 1.82) is 0 Å². The predicted molar refractivity (Wildman–Crippen MR) is 73.4 cm³/mol. The van der Waals surface area contributed by atoms with E-state index in [1.807, 2.05) is 6.07 Å². The summed E-state index contributed by atoms with van der Waals surface area (Å²) in [7, 11) is 0. The average molecular weight is 273 g/mol. The Hall–Kier alpha value is -2.53. The minimum Gasteiger partial charge on any atom is -0.504 e. The monoisotopic (exact) mass is 273 g/mol. The molecule has 4 N–H and O–H groups in total. The molecule has 0 aliphatic rings. The number of rotatable bonds is 5. The van der Waals surface area contributed by atoms with Gasteiger partial charge in [-0.25, -0.2) is 0 Å². The number of para-hydroxylation sites is 1. The van der Waals surface area contributed by atoms with Gasteiger partial charge in [0.2, 0.25) is 0 Å². The smallest absolute Gasteiger partial charge is 0.325 e. The highest BCUT2D eigenvalue weighted by atomic mass is 16.4. The number of hydrogen-bond acceptors (Lipinski definition) is 4. The first-order valence-electron chi connectivity index (χ1n) is 6.10. The van der Waals surface area contributed by atoms with Gasteiger partial charge < -0.3 is 15.3 Å². The summed E-state index contributed by atoms with van der Waals surface area (Å²) in [5.41, 5.74) is 1.06. The van der Waals surface area contributed by atoms with Crippen molar-refractivity contribution in [3.8, 4) is 11.5 Å². The molecule has 2 aromatic rings. The van der Waals surface area contributed by atoms with Crippen LogP contribution in [0.15, 0.2) is 48.5 Å². The Labute approximate surface area is 116 Å². The summed E-state index contributed by atoms with van der Waals surface area (Å²) in [6.07, 6.45) is 0. The molecule has 1 atom stereocenters. The molecule has 0 radical (unpaired) electrons. The number of phenols is 2. The van der Waals surface area contributed by atoms with Crippen LogP contribution in [-0.2, 0) is 11.3 Å². The molecule has 0 heterocycles. The van der Waals surface area contributed by atoms with Crippen LogP contribution in [0, 0.1) is 0 Å². The largest absolute Gasteiger partial charge is 0.504 e. The topological polar surface area (TPSA) is 89.8 Å². The highest BCUT2D eigenvalue weighted by molar-refractivity contribution is 5.75. The molecule has 5 nitrogen and oxygen atoms in total. The van der Waals surface area contributed by atoms with Gasteiger partial charge in [-0.05, 0) is 11.6 Å². The maximum Gasteiger partial charge on any atom is 0.325 e. The molecule has 0 bridgehead atoms. The number of aliphatic carboxylic acids is 1. The fraction of sp³-hybridized carbons (Fsp3) is 0.133. The normalized spacial score (nSPS) is 12.0. The molecule has 0 aromatic heterocycles. The van der Waals surface area contributed by atoms with Crippen LogP contribution >= 0.6 is 0 Å². The minimum absolute atomic E-state index is 0.131. The van der Waals surface area contributed by atoms with Crippen LogP contribution in [0.1, 0.15) is 17.2 Å². The summed E-state index contributed by atoms with van der Waals surface area (Å²) >= 11 is 0. The molecule has 0 spiro atoms. The highest BCUT2D eigenvalue weighted by Gasteiger charge is 2.19. The Balaban J connectivity index is 2.14. The maximum absolute atomic E-state index is 11.3.